The number of carbonyl (C=O) groups is 2. The van der Waals surface area contributed by atoms with Crippen molar-refractivity contribution in [3.05, 3.63) is 75.4 Å². The minimum absolute atomic E-state index is 0.0789. The molecule has 1 aromatic carbocycles. The Labute approximate surface area is 186 Å². The molecule has 11 heteroatoms. The Morgan fingerprint density at radius 1 is 1.00 bits per heavy atom. The standard InChI is InChI=1S/C19H14Cl3N5O3/c20-12-8-23-9-13(21)15(12)18(28)26-11-3-1-10(2-4-11)7-14(19(29)30)27-17-16(22)24-5-6-25-17/h1-6,8-9,14H,7H2,(H,25,27)(H,26,28)(H,29,30)/t14-/m0/s1. The quantitative estimate of drug-likeness (QED) is 0.478. The maximum atomic E-state index is 12.4. The normalized spacial score (nSPS) is 11.6. The highest BCUT2D eigenvalue weighted by atomic mass is 35.5. The number of rotatable bonds is 7. The van der Waals surface area contributed by atoms with Crippen LogP contribution in [0, 0.1) is 0 Å². The third-order valence-electron chi connectivity index (χ3n) is 3.99. The van der Waals surface area contributed by atoms with Gasteiger partial charge in [-0.2, -0.15) is 0 Å². The van der Waals surface area contributed by atoms with Crippen molar-refractivity contribution in [1.29, 1.82) is 0 Å². The molecule has 0 fully saturated rings. The summed E-state index contributed by atoms with van der Waals surface area (Å²) in [6.45, 7) is 0. The van der Waals surface area contributed by atoms with Crippen LogP contribution >= 0.6 is 34.8 Å². The number of hydrogen-bond donors (Lipinski definition) is 3. The van der Waals surface area contributed by atoms with Crippen LogP contribution in [0.3, 0.4) is 0 Å². The number of nitrogens with zero attached hydrogens (tertiary/aromatic N) is 3. The second-order valence-corrected chi connectivity index (χ2v) is 7.24. The van der Waals surface area contributed by atoms with Crippen LogP contribution < -0.4 is 10.6 Å². The minimum Gasteiger partial charge on any atom is -0.480 e. The van der Waals surface area contributed by atoms with E-state index in [4.69, 9.17) is 34.8 Å². The highest BCUT2D eigenvalue weighted by Crippen LogP contribution is 2.24. The van der Waals surface area contributed by atoms with Gasteiger partial charge in [-0.3, -0.25) is 9.78 Å². The molecule has 1 amide bonds. The highest BCUT2D eigenvalue weighted by molar-refractivity contribution is 6.40. The molecule has 8 nitrogen and oxygen atoms in total. The lowest BCUT2D eigenvalue weighted by Gasteiger charge is -2.16. The summed E-state index contributed by atoms with van der Waals surface area (Å²) in [6, 6.07) is 5.70. The smallest absolute Gasteiger partial charge is 0.326 e. The van der Waals surface area contributed by atoms with Crippen molar-refractivity contribution >= 4 is 58.2 Å². The van der Waals surface area contributed by atoms with E-state index in [0.29, 0.717) is 11.3 Å². The van der Waals surface area contributed by atoms with Crippen LogP contribution in [0.4, 0.5) is 11.5 Å². The van der Waals surface area contributed by atoms with Gasteiger partial charge in [-0.05, 0) is 17.7 Å². The molecule has 2 heterocycles. The van der Waals surface area contributed by atoms with Crippen LogP contribution in [0.5, 0.6) is 0 Å². The van der Waals surface area contributed by atoms with Crippen LogP contribution in [-0.2, 0) is 11.2 Å². The summed E-state index contributed by atoms with van der Waals surface area (Å²) in [4.78, 5) is 35.7. The number of benzene rings is 1. The van der Waals surface area contributed by atoms with E-state index in [-0.39, 0.29) is 33.0 Å². The summed E-state index contributed by atoms with van der Waals surface area (Å²) in [5, 5.41) is 15.3. The molecule has 0 saturated heterocycles. The summed E-state index contributed by atoms with van der Waals surface area (Å²) in [6.07, 6.45) is 5.62. The Morgan fingerprint density at radius 3 is 2.23 bits per heavy atom. The van der Waals surface area contributed by atoms with Crippen LogP contribution in [0.2, 0.25) is 15.2 Å². The van der Waals surface area contributed by atoms with Gasteiger partial charge in [0.05, 0.1) is 15.6 Å². The number of amides is 1. The molecule has 2 aromatic heterocycles. The number of halogens is 3. The van der Waals surface area contributed by atoms with E-state index < -0.39 is 17.9 Å². The van der Waals surface area contributed by atoms with E-state index in [0.717, 1.165) is 0 Å². The Morgan fingerprint density at radius 2 is 1.63 bits per heavy atom. The van der Waals surface area contributed by atoms with Gasteiger partial charge in [0.2, 0.25) is 0 Å². The third kappa shape index (κ3) is 5.35. The summed E-state index contributed by atoms with van der Waals surface area (Å²) in [5.41, 5.74) is 1.32. The molecular weight excluding hydrogens is 453 g/mol. The second kappa shape index (κ2) is 9.71. The van der Waals surface area contributed by atoms with Crippen molar-refractivity contribution in [2.75, 3.05) is 10.6 Å². The van der Waals surface area contributed by atoms with Crippen molar-refractivity contribution in [1.82, 2.24) is 15.0 Å². The number of aliphatic carboxylic acids is 1. The van der Waals surface area contributed by atoms with E-state index in [1.54, 1.807) is 24.3 Å². The molecule has 1 atom stereocenters. The van der Waals surface area contributed by atoms with Crippen molar-refractivity contribution in [2.24, 2.45) is 0 Å². The van der Waals surface area contributed by atoms with Gasteiger partial charge in [0.15, 0.2) is 11.0 Å². The van der Waals surface area contributed by atoms with Crippen molar-refractivity contribution in [2.45, 2.75) is 12.5 Å². The van der Waals surface area contributed by atoms with E-state index in [1.165, 1.54) is 24.8 Å². The first-order chi connectivity index (χ1) is 14.3. The van der Waals surface area contributed by atoms with Gasteiger partial charge in [-0.15, -0.1) is 0 Å². The third-order valence-corrected chi connectivity index (χ3v) is 4.84. The first-order valence-electron chi connectivity index (χ1n) is 8.50. The van der Waals surface area contributed by atoms with Gasteiger partial charge in [-0.25, -0.2) is 14.8 Å². The molecular formula is C19H14Cl3N5O3. The summed E-state index contributed by atoms with van der Waals surface area (Å²) in [5.74, 6) is -1.37. The molecule has 0 spiro atoms. The van der Waals surface area contributed by atoms with Gasteiger partial charge in [0.25, 0.3) is 5.91 Å². The summed E-state index contributed by atoms with van der Waals surface area (Å²) >= 11 is 17.9. The minimum atomic E-state index is -1.07. The molecule has 154 valence electrons. The van der Waals surface area contributed by atoms with Gasteiger partial charge >= 0.3 is 5.97 Å². The van der Waals surface area contributed by atoms with Gasteiger partial charge < -0.3 is 15.7 Å². The average molecular weight is 467 g/mol. The van der Waals surface area contributed by atoms with Crippen LogP contribution in [0.15, 0.2) is 49.1 Å². The number of carboxylic acid groups (broad SMARTS) is 1. The van der Waals surface area contributed by atoms with E-state index in [9.17, 15) is 14.7 Å². The average Bonchev–Trinajstić information content (AvgIpc) is 2.70. The molecule has 0 radical (unpaired) electrons. The van der Waals surface area contributed by atoms with Crippen molar-refractivity contribution < 1.29 is 14.7 Å². The Bertz CT molecular complexity index is 1060. The first-order valence-corrected chi connectivity index (χ1v) is 9.63. The maximum absolute atomic E-state index is 12.4. The number of nitrogens with one attached hydrogen (secondary N) is 2. The Hall–Kier alpha value is -2.94. The number of hydrogen-bond acceptors (Lipinski definition) is 6. The Balaban J connectivity index is 1.69. The SMILES string of the molecule is O=C(Nc1ccc(C[C@H](Nc2nccnc2Cl)C(=O)O)cc1)c1c(Cl)cncc1Cl. The number of carboxylic acids is 1. The fourth-order valence-corrected chi connectivity index (χ4v) is 3.26. The van der Waals surface area contributed by atoms with E-state index in [1.807, 2.05) is 0 Å². The first kappa shape index (κ1) is 21.8. The van der Waals surface area contributed by atoms with Gasteiger partial charge in [-0.1, -0.05) is 46.9 Å². The largest absolute Gasteiger partial charge is 0.480 e. The van der Waals surface area contributed by atoms with Crippen LogP contribution in [0.25, 0.3) is 0 Å². The number of carbonyl (C=O) groups excluding carboxylic acids is 1. The van der Waals surface area contributed by atoms with Crippen molar-refractivity contribution in [3.63, 3.8) is 0 Å². The molecule has 3 rings (SSSR count). The topological polar surface area (TPSA) is 117 Å². The van der Waals surface area contributed by atoms with Crippen LogP contribution in [-0.4, -0.2) is 38.0 Å². The monoisotopic (exact) mass is 465 g/mol. The molecule has 0 unspecified atom stereocenters. The van der Waals surface area contributed by atoms with E-state index in [2.05, 4.69) is 25.6 Å². The number of anilines is 2. The second-order valence-electron chi connectivity index (χ2n) is 6.06. The molecule has 3 aromatic rings. The molecule has 30 heavy (non-hydrogen) atoms. The zero-order valence-electron chi connectivity index (χ0n) is 15.1. The lowest BCUT2D eigenvalue weighted by atomic mass is 10.1. The predicted molar refractivity (Wildman–Crippen MR) is 114 cm³/mol. The van der Waals surface area contributed by atoms with Crippen molar-refractivity contribution in [3.8, 4) is 0 Å². The lowest BCUT2D eigenvalue weighted by Crippen LogP contribution is -2.32. The zero-order valence-corrected chi connectivity index (χ0v) is 17.4. The number of aromatic nitrogens is 3. The predicted octanol–water partition coefficient (Wildman–Crippen LogP) is 4.19. The zero-order chi connectivity index (χ0) is 21.7. The molecule has 0 aliphatic carbocycles. The fraction of sp³-hybridized carbons (Fsp3) is 0.105. The summed E-state index contributed by atoms with van der Waals surface area (Å²) in [7, 11) is 0. The number of pyridine rings is 1. The summed E-state index contributed by atoms with van der Waals surface area (Å²) < 4.78 is 0. The molecule has 3 N–H and O–H groups in total. The highest BCUT2D eigenvalue weighted by Gasteiger charge is 2.20. The maximum Gasteiger partial charge on any atom is 0.326 e. The lowest BCUT2D eigenvalue weighted by molar-refractivity contribution is -0.137. The van der Waals surface area contributed by atoms with Gasteiger partial charge in [0, 0.05) is 36.9 Å². The van der Waals surface area contributed by atoms with Crippen LogP contribution in [0.1, 0.15) is 15.9 Å². The fourth-order valence-electron chi connectivity index (χ4n) is 2.56. The Kier molecular flexibility index (Phi) is 7.04. The van der Waals surface area contributed by atoms with Gasteiger partial charge in [0.1, 0.15) is 6.04 Å². The molecule has 0 bridgehead atoms. The van der Waals surface area contributed by atoms with E-state index >= 15 is 0 Å². The molecule has 0 aliphatic heterocycles. The molecule has 0 saturated carbocycles. The molecule has 0 aliphatic rings.